The van der Waals surface area contributed by atoms with Gasteiger partial charge in [0, 0.05) is 35.8 Å². The van der Waals surface area contributed by atoms with Gasteiger partial charge in [0.25, 0.3) is 5.91 Å². The van der Waals surface area contributed by atoms with Crippen molar-refractivity contribution in [2.75, 3.05) is 13.7 Å². The number of carbonyl (C=O) groups excluding carboxylic acids is 1. The van der Waals surface area contributed by atoms with E-state index in [1.165, 1.54) is 0 Å². The fourth-order valence-corrected chi connectivity index (χ4v) is 3.44. The molecule has 0 fully saturated rings. The SMILES string of the molecule is CN=C(c1ccccc1)c1c(C)cc(OCC(=O)NCc2ccccc2Cl)nc1C. The van der Waals surface area contributed by atoms with Gasteiger partial charge in [-0.05, 0) is 31.0 Å². The number of nitrogens with one attached hydrogen (secondary N) is 1. The first-order chi connectivity index (χ1) is 14.5. The van der Waals surface area contributed by atoms with Crippen LogP contribution >= 0.6 is 11.6 Å². The van der Waals surface area contributed by atoms with Gasteiger partial charge in [0.2, 0.25) is 5.88 Å². The summed E-state index contributed by atoms with van der Waals surface area (Å²) in [5, 5.41) is 3.42. The standard InChI is InChI=1S/C24H24ClN3O2/c1-16-13-22(30-15-21(29)27-14-19-11-7-8-12-20(19)25)28-17(2)23(16)24(26-3)18-9-5-4-6-10-18/h4-13H,14-15H2,1-3H3,(H,27,29). The van der Waals surface area contributed by atoms with E-state index in [9.17, 15) is 4.79 Å². The maximum atomic E-state index is 12.2. The molecule has 3 rings (SSSR count). The number of pyridine rings is 1. The lowest BCUT2D eigenvalue weighted by atomic mass is 9.97. The van der Waals surface area contributed by atoms with Crippen LogP contribution in [0.3, 0.4) is 0 Å². The van der Waals surface area contributed by atoms with Gasteiger partial charge in [-0.15, -0.1) is 0 Å². The Morgan fingerprint density at radius 3 is 2.47 bits per heavy atom. The summed E-state index contributed by atoms with van der Waals surface area (Å²) in [5.41, 5.74) is 5.51. The minimum Gasteiger partial charge on any atom is -0.468 e. The molecular formula is C24H24ClN3O2. The van der Waals surface area contributed by atoms with Gasteiger partial charge in [-0.3, -0.25) is 9.79 Å². The Hall–Kier alpha value is -3.18. The maximum absolute atomic E-state index is 12.2. The number of hydrogen-bond acceptors (Lipinski definition) is 4. The number of aromatic nitrogens is 1. The quantitative estimate of drug-likeness (QED) is 0.570. The Balaban J connectivity index is 1.67. The third kappa shape index (κ3) is 5.24. The summed E-state index contributed by atoms with van der Waals surface area (Å²) in [7, 11) is 1.77. The molecule has 1 heterocycles. The van der Waals surface area contributed by atoms with Crippen LogP contribution in [0.2, 0.25) is 5.02 Å². The van der Waals surface area contributed by atoms with Gasteiger partial charge in [-0.2, -0.15) is 0 Å². The first-order valence-corrected chi connectivity index (χ1v) is 10.0. The molecule has 2 aromatic carbocycles. The van der Waals surface area contributed by atoms with Crippen molar-refractivity contribution in [1.29, 1.82) is 0 Å². The topological polar surface area (TPSA) is 63.6 Å². The van der Waals surface area contributed by atoms with Crippen LogP contribution in [-0.4, -0.2) is 30.3 Å². The minimum atomic E-state index is -0.240. The monoisotopic (exact) mass is 421 g/mol. The molecule has 1 N–H and O–H groups in total. The molecule has 5 nitrogen and oxygen atoms in total. The van der Waals surface area contributed by atoms with E-state index in [1.54, 1.807) is 13.1 Å². The van der Waals surface area contributed by atoms with Crippen molar-refractivity contribution in [3.63, 3.8) is 0 Å². The van der Waals surface area contributed by atoms with E-state index >= 15 is 0 Å². The van der Waals surface area contributed by atoms with E-state index in [2.05, 4.69) is 15.3 Å². The minimum absolute atomic E-state index is 0.122. The van der Waals surface area contributed by atoms with Gasteiger partial charge in [0.05, 0.1) is 11.4 Å². The number of benzene rings is 2. The first kappa shape index (κ1) is 21.5. The average molecular weight is 422 g/mol. The molecule has 1 amide bonds. The highest BCUT2D eigenvalue weighted by atomic mass is 35.5. The van der Waals surface area contributed by atoms with Crippen LogP contribution in [0.4, 0.5) is 0 Å². The van der Waals surface area contributed by atoms with Crippen LogP contribution in [0.1, 0.15) is 27.9 Å². The molecule has 0 spiro atoms. The van der Waals surface area contributed by atoms with E-state index in [0.29, 0.717) is 17.4 Å². The Morgan fingerprint density at radius 1 is 1.10 bits per heavy atom. The van der Waals surface area contributed by atoms with Gasteiger partial charge in [-0.25, -0.2) is 4.98 Å². The number of rotatable bonds is 7. The Morgan fingerprint density at radius 2 is 1.80 bits per heavy atom. The summed E-state index contributed by atoms with van der Waals surface area (Å²) >= 11 is 6.11. The highest BCUT2D eigenvalue weighted by molar-refractivity contribution is 6.31. The molecule has 3 aromatic rings. The molecular weight excluding hydrogens is 398 g/mol. The summed E-state index contributed by atoms with van der Waals surface area (Å²) in [5.74, 6) is 0.168. The van der Waals surface area contributed by atoms with Crippen molar-refractivity contribution < 1.29 is 9.53 Å². The summed E-state index contributed by atoms with van der Waals surface area (Å²) in [4.78, 5) is 21.2. The number of nitrogens with zero attached hydrogens (tertiary/aromatic N) is 2. The van der Waals surface area contributed by atoms with Gasteiger partial charge in [0.15, 0.2) is 6.61 Å². The predicted molar refractivity (Wildman–Crippen MR) is 121 cm³/mol. The van der Waals surface area contributed by atoms with Gasteiger partial charge >= 0.3 is 0 Å². The second-order valence-corrected chi connectivity index (χ2v) is 7.24. The molecule has 30 heavy (non-hydrogen) atoms. The van der Waals surface area contributed by atoms with Gasteiger partial charge < -0.3 is 10.1 Å². The largest absolute Gasteiger partial charge is 0.468 e. The molecule has 0 aliphatic carbocycles. The molecule has 0 saturated carbocycles. The number of aryl methyl sites for hydroxylation is 2. The van der Waals surface area contributed by atoms with Crippen LogP contribution in [0, 0.1) is 13.8 Å². The fourth-order valence-electron chi connectivity index (χ4n) is 3.24. The number of aliphatic imine (C=N–C) groups is 1. The van der Waals surface area contributed by atoms with Crippen LogP contribution in [-0.2, 0) is 11.3 Å². The normalized spacial score (nSPS) is 11.3. The number of amides is 1. The Bertz CT molecular complexity index is 1040. The molecule has 1 aromatic heterocycles. The van der Waals surface area contributed by atoms with Crippen molar-refractivity contribution in [1.82, 2.24) is 10.3 Å². The number of hydrogen-bond donors (Lipinski definition) is 1. The van der Waals surface area contributed by atoms with Gasteiger partial charge in [0.1, 0.15) is 0 Å². The molecule has 0 aliphatic rings. The second-order valence-electron chi connectivity index (χ2n) is 6.83. The summed E-state index contributed by atoms with van der Waals surface area (Å²) in [6, 6.07) is 19.2. The van der Waals surface area contributed by atoms with Crippen molar-refractivity contribution in [3.05, 3.63) is 93.6 Å². The number of ether oxygens (including phenoxy) is 1. The van der Waals surface area contributed by atoms with Crippen molar-refractivity contribution >= 4 is 23.2 Å². The zero-order valence-corrected chi connectivity index (χ0v) is 18.0. The molecule has 6 heteroatoms. The Labute approximate surface area is 181 Å². The lowest BCUT2D eigenvalue weighted by Crippen LogP contribution is -2.28. The van der Waals surface area contributed by atoms with E-state index < -0.39 is 0 Å². The smallest absolute Gasteiger partial charge is 0.258 e. The predicted octanol–water partition coefficient (Wildman–Crippen LogP) is 4.51. The fraction of sp³-hybridized carbons (Fsp3) is 0.208. The van der Waals surface area contributed by atoms with Crippen molar-refractivity contribution in [3.8, 4) is 5.88 Å². The summed E-state index contributed by atoms with van der Waals surface area (Å²) in [6.07, 6.45) is 0. The van der Waals surface area contributed by atoms with E-state index in [0.717, 1.165) is 33.7 Å². The van der Waals surface area contributed by atoms with Crippen LogP contribution in [0.5, 0.6) is 5.88 Å². The zero-order chi connectivity index (χ0) is 21.5. The molecule has 0 radical (unpaired) electrons. The molecule has 0 atom stereocenters. The van der Waals surface area contributed by atoms with E-state index in [4.69, 9.17) is 16.3 Å². The number of carbonyl (C=O) groups is 1. The molecule has 0 saturated heterocycles. The van der Waals surface area contributed by atoms with Crippen molar-refractivity contribution in [2.45, 2.75) is 20.4 Å². The number of halogens is 1. The molecule has 154 valence electrons. The highest BCUT2D eigenvalue weighted by Crippen LogP contribution is 2.22. The summed E-state index contributed by atoms with van der Waals surface area (Å²) < 4.78 is 5.63. The lowest BCUT2D eigenvalue weighted by Gasteiger charge is -2.14. The third-order valence-corrected chi connectivity index (χ3v) is 5.04. The van der Waals surface area contributed by atoms with E-state index in [1.807, 2.05) is 68.4 Å². The molecule has 0 bridgehead atoms. The van der Waals surface area contributed by atoms with Gasteiger partial charge in [-0.1, -0.05) is 60.1 Å². The lowest BCUT2D eigenvalue weighted by molar-refractivity contribution is -0.123. The summed E-state index contributed by atoms with van der Waals surface area (Å²) in [6.45, 7) is 4.13. The first-order valence-electron chi connectivity index (χ1n) is 9.63. The van der Waals surface area contributed by atoms with Crippen LogP contribution in [0.15, 0.2) is 65.7 Å². The Kier molecular flexibility index (Phi) is 7.20. The zero-order valence-electron chi connectivity index (χ0n) is 17.3. The second kappa shape index (κ2) is 10.0. The highest BCUT2D eigenvalue weighted by Gasteiger charge is 2.15. The average Bonchev–Trinajstić information content (AvgIpc) is 2.75. The molecule has 0 unspecified atom stereocenters. The molecule has 0 aliphatic heterocycles. The third-order valence-electron chi connectivity index (χ3n) is 4.67. The van der Waals surface area contributed by atoms with E-state index in [-0.39, 0.29) is 12.5 Å². The van der Waals surface area contributed by atoms with Crippen molar-refractivity contribution in [2.24, 2.45) is 4.99 Å². The maximum Gasteiger partial charge on any atom is 0.258 e. The van der Waals surface area contributed by atoms with Crippen LogP contribution < -0.4 is 10.1 Å². The van der Waals surface area contributed by atoms with Crippen LogP contribution in [0.25, 0.3) is 0 Å².